The zero-order chi connectivity index (χ0) is 20.5. The van der Waals surface area contributed by atoms with E-state index in [1.807, 2.05) is 36.9 Å². The van der Waals surface area contributed by atoms with Crippen molar-refractivity contribution in [2.45, 2.75) is 26.9 Å². The summed E-state index contributed by atoms with van der Waals surface area (Å²) in [5.74, 6) is 0. The van der Waals surface area contributed by atoms with Crippen LogP contribution in [0.15, 0.2) is 61.4 Å². The molecule has 31 heavy (non-hydrogen) atoms. The Kier molecular flexibility index (Phi) is 6.10. The van der Waals surface area contributed by atoms with Gasteiger partial charge in [0.1, 0.15) is 0 Å². The predicted octanol–water partition coefficient (Wildman–Crippen LogP) is 4.81. The first kappa shape index (κ1) is 21.1. The van der Waals surface area contributed by atoms with Gasteiger partial charge in [-0.1, -0.05) is 0 Å². The zero-order valence-electron chi connectivity index (χ0n) is 17.2. The van der Waals surface area contributed by atoms with Gasteiger partial charge in [-0.15, -0.1) is 10.8 Å². The van der Waals surface area contributed by atoms with E-state index in [1.165, 1.54) is 0 Å². The van der Waals surface area contributed by atoms with E-state index in [2.05, 4.69) is 67.2 Å². The number of hydrogen-bond acceptors (Lipinski definition) is 4. The topological polar surface area (TPSA) is 61.4 Å². The first-order chi connectivity index (χ1) is 14.8. The molecule has 6 rings (SSSR count). The molecule has 0 N–H and O–H groups in total. The standard InChI is InChI=1S/2C12H10N3.Pt/c2*1-2-15-10-4-3-6-14-12(10)9-5-7-13-8-11(9)15;/h2*3-4,6-8H,2H2,1H3;/q2*-1;+2. The Bertz CT molecular complexity index is 1260. The summed E-state index contributed by atoms with van der Waals surface area (Å²) >= 11 is 0. The van der Waals surface area contributed by atoms with Crippen molar-refractivity contribution < 1.29 is 21.1 Å². The molecule has 6 nitrogen and oxygen atoms in total. The molecule has 0 unspecified atom stereocenters. The van der Waals surface area contributed by atoms with E-state index in [0.717, 1.165) is 57.0 Å². The van der Waals surface area contributed by atoms with Crippen LogP contribution in [0.5, 0.6) is 0 Å². The van der Waals surface area contributed by atoms with Gasteiger partial charge in [0.15, 0.2) is 0 Å². The van der Waals surface area contributed by atoms with Crippen LogP contribution in [0.3, 0.4) is 0 Å². The third-order valence-corrected chi connectivity index (χ3v) is 5.31. The predicted molar refractivity (Wildman–Crippen MR) is 119 cm³/mol. The molecule has 6 aromatic heterocycles. The monoisotopic (exact) mass is 587 g/mol. The Morgan fingerprint density at radius 2 is 1.16 bits per heavy atom. The smallest absolute Gasteiger partial charge is 0.401 e. The minimum Gasteiger partial charge on any atom is -0.401 e. The summed E-state index contributed by atoms with van der Waals surface area (Å²) in [7, 11) is 0. The first-order valence-corrected chi connectivity index (χ1v) is 10.0. The molecular formula is C24H20N6Pt. The molecule has 0 aromatic carbocycles. The molecule has 0 aliphatic rings. The molecule has 0 radical (unpaired) electrons. The van der Waals surface area contributed by atoms with Gasteiger partial charge in [-0.3, -0.25) is 9.97 Å². The second-order valence-electron chi connectivity index (χ2n) is 6.85. The SMILES string of the molecule is CCn1c2cnc[c-]c2c2ncccc21.CCn1c2cnc[c-]c2c2ncccc21.[Pt+2]. The molecule has 0 saturated carbocycles. The molecule has 6 heterocycles. The van der Waals surface area contributed by atoms with Crippen LogP contribution in [0.4, 0.5) is 0 Å². The summed E-state index contributed by atoms with van der Waals surface area (Å²) in [6.07, 6.45) is 10.8. The van der Waals surface area contributed by atoms with E-state index in [0.29, 0.717) is 0 Å². The second kappa shape index (κ2) is 8.94. The van der Waals surface area contributed by atoms with E-state index in [1.54, 1.807) is 12.4 Å². The van der Waals surface area contributed by atoms with E-state index in [-0.39, 0.29) is 21.1 Å². The minimum atomic E-state index is 0. The Labute approximate surface area is 194 Å². The molecule has 6 aromatic rings. The van der Waals surface area contributed by atoms with Crippen LogP contribution >= 0.6 is 0 Å². The van der Waals surface area contributed by atoms with Gasteiger partial charge in [0, 0.05) is 25.5 Å². The molecule has 0 bridgehead atoms. The average Bonchev–Trinajstić information content (AvgIpc) is 3.32. The van der Waals surface area contributed by atoms with Gasteiger partial charge in [-0.05, 0) is 96.0 Å². The average molecular weight is 588 g/mol. The van der Waals surface area contributed by atoms with Crippen molar-refractivity contribution >= 4 is 43.9 Å². The number of aromatic nitrogens is 6. The van der Waals surface area contributed by atoms with Crippen LogP contribution in [-0.4, -0.2) is 29.1 Å². The fourth-order valence-electron chi connectivity index (χ4n) is 4.04. The second-order valence-corrected chi connectivity index (χ2v) is 6.85. The van der Waals surface area contributed by atoms with Crippen molar-refractivity contribution in [2.75, 3.05) is 0 Å². The van der Waals surface area contributed by atoms with Crippen molar-refractivity contribution in [3.63, 3.8) is 0 Å². The number of rotatable bonds is 2. The van der Waals surface area contributed by atoms with Gasteiger partial charge in [0.05, 0.1) is 0 Å². The maximum atomic E-state index is 4.40. The Morgan fingerprint density at radius 3 is 1.58 bits per heavy atom. The third-order valence-electron chi connectivity index (χ3n) is 5.31. The minimum absolute atomic E-state index is 0. The largest absolute Gasteiger partial charge is 2.00 e. The van der Waals surface area contributed by atoms with Gasteiger partial charge in [-0.25, -0.2) is 0 Å². The maximum absolute atomic E-state index is 4.40. The molecule has 0 saturated heterocycles. The van der Waals surface area contributed by atoms with Crippen LogP contribution in [0.25, 0.3) is 43.9 Å². The first-order valence-electron chi connectivity index (χ1n) is 10.0. The number of hydrogen-bond donors (Lipinski definition) is 0. The zero-order valence-corrected chi connectivity index (χ0v) is 19.5. The summed E-state index contributed by atoms with van der Waals surface area (Å²) < 4.78 is 4.42. The van der Waals surface area contributed by atoms with E-state index < -0.39 is 0 Å². The Morgan fingerprint density at radius 1 is 0.710 bits per heavy atom. The van der Waals surface area contributed by atoms with E-state index >= 15 is 0 Å². The van der Waals surface area contributed by atoms with E-state index in [9.17, 15) is 0 Å². The van der Waals surface area contributed by atoms with Crippen LogP contribution in [-0.2, 0) is 34.2 Å². The maximum Gasteiger partial charge on any atom is 2.00 e. The Balaban J connectivity index is 0.000000144. The molecule has 0 aliphatic carbocycles. The van der Waals surface area contributed by atoms with Gasteiger partial charge in [0.25, 0.3) is 0 Å². The van der Waals surface area contributed by atoms with Crippen LogP contribution in [0, 0.1) is 12.1 Å². The van der Waals surface area contributed by atoms with Crippen LogP contribution in [0.1, 0.15) is 13.8 Å². The quantitative estimate of drug-likeness (QED) is 0.273. The molecule has 0 amide bonds. The molecule has 0 aliphatic heterocycles. The fraction of sp³-hybridized carbons (Fsp3) is 0.167. The fourth-order valence-corrected chi connectivity index (χ4v) is 4.04. The summed E-state index contributed by atoms with van der Waals surface area (Å²) in [5, 5.41) is 2.12. The third kappa shape index (κ3) is 3.51. The van der Waals surface area contributed by atoms with Gasteiger partial charge in [0.2, 0.25) is 0 Å². The number of aryl methyl sites for hydroxylation is 2. The Hall–Kier alpha value is -3.11. The van der Waals surface area contributed by atoms with Crippen LogP contribution in [0.2, 0.25) is 0 Å². The molecule has 0 fully saturated rings. The van der Waals surface area contributed by atoms with Crippen molar-refractivity contribution in [2.24, 2.45) is 0 Å². The molecule has 0 spiro atoms. The van der Waals surface area contributed by atoms with Crippen molar-refractivity contribution in [3.8, 4) is 0 Å². The van der Waals surface area contributed by atoms with Crippen molar-refractivity contribution in [1.82, 2.24) is 29.1 Å². The van der Waals surface area contributed by atoms with E-state index in [4.69, 9.17) is 0 Å². The number of nitrogens with zero attached hydrogens (tertiary/aromatic N) is 6. The normalized spacial score (nSPS) is 10.9. The number of fused-ring (bicyclic) bond motifs is 6. The molecule has 7 heteroatoms. The van der Waals surface area contributed by atoms with Gasteiger partial charge < -0.3 is 19.1 Å². The summed E-state index contributed by atoms with van der Waals surface area (Å²) in [6, 6.07) is 14.4. The van der Waals surface area contributed by atoms with Crippen molar-refractivity contribution in [3.05, 3.63) is 73.6 Å². The molecule has 0 atom stereocenters. The summed E-state index contributed by atoms with van der Waals surface area (Å²) in [6.45, 7) is 6.09. The van der Waals surface area contributed by atoms with Crippen LogP contribution < -0.4 is 0 Å². The number of pyridine rings is 4. The van der Waals surface area contributed by atoms with Crippen molar-refractivity contribution in [1.29, 1.82) is 0 Å². The summed E-state index contributed by atoms with van der Waals surface area (Å²) in [4.78, 5) is 17.0. The molecule has 156 valence electrons. The van der Waals surface area contributed by atoms with Gasteiger partial charge in [-0.2, -0.15) is 12.1 Å². The summed E-state index contributed by atoms with van der Waals surface area (Å²) in [5.41, 5.74) is 6.54. The van der Waals surface area contributed by atoms with Gasteiger partial charge >= 0.3 is 21.1 Å². The molecular weight excluding hydrogens is 567 g/mol.